The molecule has 0 atom stereocenters. The maximum atomic E-state index is 11.6. The van der Waals surface area contributed by atoms with Crippen molar-refractivity contribution in [1.82, 2.24) is 15.6 Å². The van der Waals surface area contributed by atoms with Gasteiger partial charge in [0, 0.05) is 23.5 Å². The van der Waals surface area contributed by atoms with Gasteiger partial charge in [0.25, 0.3) is 11.8 Å². The Balaban J connectivity index is 1.62. The Morgan fingerprint density at radius 2 is 1.88 bits per heavy atom. The van der Waals surface area contributed by atoms with Crippen LogP contribution in [0.15, 0.2) is 47.2 Å². The molecule has 1 aromatic carbocycles. The number of benzene rings is 1. The van der Waals surface area contributed by atoms with Crippen molar-refractivity contribution in [3.8, 4) is 11.1 Å². The first-order valence-electron chi connectivity index (χ1n) is 7.13. The standard InChI is InChI=1S/C17H10N4O2S/c22-15-13-4-2-9(5-11(13)8-19-15)10-1-3-12(18-7-10)6-14-16(23)21-17(24)20-14/h1-8H,(H2,20,21,23,24)/b14-6-. The molecule has 0 bridgehead atoms. The number of nitrogens with zero attached hydrogens (tertiary/aromatic N) is 2. The first kappa shape index (κ1) is 14.4. The lowest BCUT2D eigenvalue weighted by Crippen LogP contribution is -2.21. The minimum Gasteiger partial charge on any atom is -0.328 e. The molecule has 1 saturated heterocycles. The van der Waals surface area contributed by atoms with E-state index in [-0.39, 0.29) is 16.9 Å². The third-order valence-electron chi connectivity index (χ3n) is 3.73. The van der Waals surface area contributed by atoms with Crippen LogP contribution in [0.4, 0.5) is 0 Å². The molecule has 3 heterocycles. The molecule has 2 aliphatic heterocycles. The molecule has 1 aromatic heterocycles. The molecule has 2 amide bonds. The molecule has 0 spiro atoms. The molecule has 1 fully saturated rings. The van der Waals surface area contributed by atoms with Gasteiger partial charge < -0.3 is 5.32 Å². The molecule has 116 valence electrons. The summed E-state index contributed by atoms with van der Waals surface area (Å²) in [5.74, 6) is -0.481. The fourth-order valence-corrected chi connectivity index (χ4v) is 2.74. The molecule has 0 saturated carbocycles. The van der Waals surface area contributed by atoms with E-state index in [1.54, 1.807) is 24.6 Å². The Morgan fingerprint density at radius 3 is 2.58 bits per heavy atom. The summed E-state index contributed by atoms with van der Waals surface area (Å²) >= 11 is 4.88. The third kappa shape index (κ3) is 2.50. The molecule has 2 aromatic rings. The lowest BCUT2D eigenvalue weighted by molar-refractivity contribution is -0.115. The van der Waals surface area contributed by atoms with Gasteiger partial charge in [0.2, 0.25) is 0 Å². The molecule has 2 aliphatic rings. The second-order valence-electron chi connectivity index (χ2n) is 5.30. The SMILES string of the molecule is O=C1NC(=S)N/C1=C\c1ccc(-c2ccc3c(c2)C=NC3=O)cn1. The molecule has 0 radical (unpaired) electrons. The number of carbonyl (C=O) groups is 2. The quantitative estimate of drug-likeness (QED) is 0.645. The Labute approximate surface area is 142 Å². The summed E-state index contributed by atoms with van der Waals surface area (Å²) in [5.41, 5.74) is 4.28. The summed E-state index contributed by atoms with van der Waals surface area (Å²) in [6, 6.07) is 9.25. The normalized spacial score (nSPS) is 17.2. The van der Waals surface area contributed by atoms with Crippen LogP contribution in [0, 0.1) is 0 Å². The van der Waals surface area contributed by atoms with Gasteiger partial charge in [0.1, 0.15) is 5.70 Å². The van der Waals surface area contributed by atoms with Crippen molar-refractivity contribution in [1.29, 1.82) is 0 Å². The number of nitrogens with one attached hydrogen (secondary N) is 2. The number of rotatable bonds is 2. The second kappa shape index (κ2) is 5.47. The van der Waals surface area contributed by atoms with E-state index in [1.807, 2.05) is 24.3 Å². The molecule has 6 nitrogen and oxygen atoms in total. The first-order valence-corrected chi connectivity index (χ1v) is 7.54. The summed E-state index contributed by atoms with van der Waals surface area (Å²) in [5, 5.41) is 5.56. The number of amides is 2. The largest absolute Gasteiger partial charge is 0.328 e. The van der Waals surface area contributed by atoms with E-state index in [0.717, 1.165) is 16.7 Å². The van der Waals surface area contributed by atoms with Crippen LogP contribution in [0.3, 0.4) is 0 Å². The van der Waals surface area contributed by atoms with Crippen LogP contribution in [0.2, 0.25) is 0 Å². The highest BCUT2D eigenvalue weighted by Crippen LogP contribution is 2.24. The zero-order valence-corrected chi connectivity index (χ0v) is 13.1. The zero-order chi connectivity index (χ0) is 16.7. The maximum Gasteiger partial charge on any atom is 0.277 e. The van der Waals surface area contributed by atoms with Crippen molar-refractivity contribution in [2.24, 2.45) is 4.99 Å². The van der Waals surface area contributed by atoms with Crippen LogP contribution in [-0.4, -0.2) is 28.1 Å². The smallest absolute Gasteiger partial charge is 0.277 e. The Kier molecular flexibility index (Phi) is 3.28. The van der Waals surface area contributed by atoms with Gasteiger partial charge in [0.15, 0.2) is 5.11 Å². The number of aromatic nitrogens is 1. The number of pyridine rings is 1. The predicted molar refractivity (Wildman–Crippen MR) is 93.5 cm³/mol. The number of aliphatic imine (C=N–C) groups is 1. The van der Waals surface area contributed by atoms with Gasteiger partial charge in [-0.05, 0) is 42.1 Å². The molecule has 0 aliphatic carbocycles. The van der Waals surface area contributed by atoms with Crippen LogP contribution < -0.4 is 10.6 Å². The van der Waals surface area contributed by atoms with E-state index in [1.165, 1.54) is 0 Å². The minimum absolute atomic E-state index is 0.211. The van der Waals surface area contributed by atoms with E-state index in [2.05, 4.69) is 20.6 Å². The third-order valence-corrected chi connectivity index (χ3v) is 3.94. The van der Waals surface area contributed by atoms with Crippen molar-refractivity contribution in [2.75, 3.05) is 0 Å². The van der Waals surface area contributed by atoms with Gasteiger partial charge in [-0.3, -0.25) is 19.9 Å². The number of hydrogen-bond donors (Lipinski definition) is 2. The first-order chi connectivity index (χ1) is 11.6. The maximum absolute atomic E-state index is 11.6. The highest BCUT2D eigenvalue weighted by molar-refractivity contribution is 7.80. The van der Waals surface area contributed by atoms with Gasteiger partial charge in [-0.2, -0.15) is 0 Å². The van der Waals surface area contributed by atoms with Crippen LogP contribution in [0.1, 0.15) is 21.6 Å². The predicted octanol–water partition coefficient (Wildman–Crippen LogP) is 1.67. The van der Waals surface area contributed by atoms with Crippen LogP contribution in [-0.2, 0) is 4.79 Å². The highest BCUT2D eigenvalue weighted by atomic mass is 32.1. The Morgan fingerprint density at radius 1 is 1.04 bits per heavy atom. The van der Waals surface area contributed by atoms with Gasteiger partial charge >= 0.3 is 0 Å². The van der Waals surface area contributed by atoms with Crippen LogP contribution >= 0.6 is 12.2 Å². The van der Waals surface area contributed by atoms with E-state index in [9.17, 15) is 9.59 Å². The number of hydrogen-bond acceptors (Lipinski definition) is 4. The van der Waals surface area contributed by atoms with Crippen molar-refractivity contribution in [2.45, 2.75) is 0 Å². The lowest BCUT2D eigenvalue weighted by atomic mass is 10.0. The highest BCUT2D eigenvalue weighted by Gasteiger charge is 2.20. The lowest BCUT2D eigenvalue weighted by Gasteiger charge is -2.04. The second-order valence-corrected chi connectivity index (χ2v) is 5.71. The van der Waals surface area contributed by atoms with Crippen LogP contribution in [0.5, 0.6) is 0 Å². The Bertz CT molecular complexity index is 961. The summed E-state index contributed by atoms with van der Waals surface area (Å²) in [7, 11) is 0. The van der Waals surface area contributed by atoms with E-state index in [0.29, 0.717) is 17.0 Å². The summed E-state index contributed by atoms with van der Waals surface area (Å²) < 4.78 is 0. The summed E-state index contributed by atoms with van der Waals surface area (Å²) in [6.07, 6.45) is 4.92. The zero-order valence-electron chi connectivity index (χ0n) is 12.2. The average Bonchev–Trinajstić information content (AvgIpc) is 3.10. The Hall–Kier alpha value is -3.19. The number of carbonyl (C=O) groups excluding carboxylic acids is 2. The van der Waals surface area contributed by atoms with Gasteiger partial charge in [-0.25, -0.2) is 4.99 Å². The van der Waals surface area contributed by atoms with Crippen molar-refractivity contribution >= 4 is 41.4 Å². The fourth-order valence-electron chi connectivity index (χ4n) is 2.53. The van der Waals surface area contributed by atoms with E-state index < -0.39 is 0 Å². The van der Waals surface area contributed by atoms with Crippen molar-refractivity contribution < 1.29 is 9.59 Å². The van der Waals surface area contributed by atoms with E-state index in [4.69, 9.17) is 12.2 Å². The average molecular weight is 334 g/mol. The van der Waals surface area contributed by atoms with Gasteiger partial charge in [0.05, 0.1) is 11.3 Å². The number of fused-ring (bicyclic) bond motifs is 1. The van der Waals surface area contributed by atoms with Gasteiger partial charge in [-0.1, -0.05) is 12.1 Å². The molecular weight excluding hydrogens is 324 g/mol. The monoisotopic (exact) mass is 334 g/mol. The molecule has 7 heteroatoms. The molecule has 4 rings (SSSR count). The molecule has 24 heavy (non-hydrogen) atoms. The topological polar surface area (TPSA) is 83.5 Å². The van der Waals surface area contributed by atoms with Crippen molar-refractivity contribution in [3.63, 3.8) is 0 Å². The number of thiocarbonyl (C=S) groups is 1. The molecule has 2 N–H and O–H groups in total. The molecular formula is C17H10N4O2S. The van der Waals surface area contributed by atoms with Gasteiger partial charge in [-0.15, -0.1) is 0 Å². The van der Waals surface area contributed by atoms with Crippen molar-refractivity contribution in [3.05, 3.63) is 59.0 Å². The fraction of sp³-hybridized carbons (Fsp3) is 0. The van der Waals surface area contributed by atoms with Crippen LogP contribution in [0.25, 0.3) is 17.2 Å². The summed E-state index contributed by atoms with van der Waals surface area (Å²) in [6.45, 7) is 0. The van der Waals surface area contributed by atoms with E-state index >= 15 is 0 Å². The molecule has 0 unspecified atom stereocenters. The minimum atomic E-state index is -0.270. The summed E-state index contributed by atoms with van der Waals surface area (Å²) in [4.78, 5) is 31.3.